The van der Waals surface area contributed by atoms with E-state index >= 15 is 0 Å². The Morgan fingerprint density at radius 3 is 2.00 bits per heavy atom. The molecule has 0 fully saturated rings. The average Bonchev–Trinajstić information content (AvgIpc) is 2.17. The molecule has 0 aliphatic rings. The van der Waals surface area contributed by atoms with E-state index in [4.69, 9.17) is 5.11 Å². The van der Waals surface area contributed by atoms with Gasteiger partial charge in [-0.25, -0.2) is 13.6 Å². The summed E-state index contributed by atoms with van der Waals surface area (Å²) in [4.78, 5) is 19.9. The highest BCUT2D eigenvalue weighted by molar-refractivity contribution is 5.88. The molecule has 92 valence electrons. The zero-order valence-electron chi connectivity index (χ0n) is 8.94. The van der Waals surface area contributed by atoms with Gasteiger partial charge in [0.2, 0.25) is 0 Å². The first-order valence-electron chi connectivity index (χ1n) is 4.35. The van der Waals surface area contributed by atoms with Crippen LogP contribution in [0.15, 0.2) is 31.0 Å². The van der Waals surface area contributed by atoms with E-state index in [-0.39, 0.29) is 5.97 Å². The number of halogens is 2. The van der Waals surface area contributed by atoms with Gasteiger partial charge in [-0.2, -0.15) is 0 Å². The minimum absolute atomic E-state index is 0.329. The number of carboxylic acids is 1. The van der Waals surface area contributed by atoms with E-state index in [0.29, 0.717) is 0 Å². The molecule has 0 amide bonds. The summed E-state index contributed by atoms with van der Waals surface area (Å²) in [5, 5.41) is 8.27. The molecule has 1 rings (SSSR count). The van der Waals surface area contributed by atoms with Crippen LogP contribution in [0.3, 0.4) is 0 Å². The Hall–Kier alpha value is -2.24. The molecule has 0 saturated heterocycles. The number of carbonyl (C=O) groups is 2. The van der Waals surface area contributed by atoms with Crippen LogP contribution in [0.2, 0.25) is 0 Å². The molecule has 1 aromatic rings. The van der Waals surface area contributed by atoms with Gasteiger partial charge in [0.1, 0.15) is 17.2 Å². The lowest BCUT2D eigenvalue weighted by Gasteiger charge is -1.96. The van der Waals surface area contributed by atoms with E-state index < -0.39 is 23.2 Å². The predicted molar refractivity (Wildman–Crippen MR) is 55.3 cm³/mol. The van der Waals surface area contributed by atoms with E-state index in [1.165, 1.54) is 6.92 Å². The number of aromatic carboxylic acids is 1. The van der Waals surface area contributed by atoms with E-state index in [9.17, 15) is 18.4 Å². The standard InChI is InChI=1S/C7H4F2O2.C4H6O2/c8-4-2-1-3-5(9)6(4)7(10)11;1-3-6-4(2)5/h1-3H,(H,10,11);3H,1H2,2H3. The van der Waals surface area contributed by atoms with Gasteiger partial charge in [0, 0.05) is 6.92 Å². The molecule has 6 heteroatoms. The van der Waals surface area contributed by atoms with Crippen molar-refractivity contribution in [1.29, 1.82) is 0 Å². The minimum atomic E-state index is -1.60. The van der Waals surface area contributed by atoms with Crippen LogP contribution in [-0.4, -0.2) is 17.0 Å². The van der Waals surface area contributed by atoms with Crippen molar-refractivity contribution >= 4 is 11.9 Å². The number of hydrogen-bond donors (Lipinski definition) is 1. The zero-order chi connectivity index (χ0) is 13.4. The van der Waals surface area contributed by atoms with Crippen LogP contribution < -0.4 is 0 Å². The van der Waals surface area contributed by atoms with Crippen LogP contribution in [0.4, 0.5) is 8.78 Å². The van der Waals surface area contributed by atoms with Gasteiger partial charge in [-0.1, -0.05) is 12.6 Å². The minimum Gasteiger partial charge on any atom is -0.477 e. The second-order valence-corrected chi connectivity index (χ2v) is 2.68. The number of rotatable bonds is 2. The fourth-order valence-electron chi connectivity index (χ4n) is 0.819. The molecule has 0 radical (unpaired) electrons. The van der Waals surface area contributed by atoms with E-state index in [1.807, 2.05) is 0 Å². The number of carbonyl (C=O) groups excluding carboxylic acids is 1. The maximum atomic E-state index is 12.5. The Labute approximate surface area is 96.1 Å². The van der Waals surface area contributed by atoms with Gasteiger partial charge in [0.25, 0.3) is 0 Å². The van der Waals surface area contributed by atoms with Crippen molar-refractivity contribution in [3.05, 3.63) is 48.2 Å². The molecule has 0 aliphatic carbocycles. The molecule has 0 aliphatic heterocycles. The third-order valence-corrected chi connectivity index (χ3v) is 1.43. The van der Waals surface area contributed by atoms with Gasteiger partial charge < -0.3 is 9.84 Å². The van der Waals surface area contributed by atoms with E-state index in [1.54, 1.807) is 0 Å². The van der Waals surface area contributed by atoms with Gasteiger partial charge in [-0.3, -0.25) is 4.79 Å². The molecule has 0 bridgehead atoms. The third-order valence-electron chi connectivity index (χ3n) is 1.43. The molecule has 0 heterocycles. The molecule has 1 aromatic carbocycles. The molecule has 0 saturated carbocycles. The van der Waals surface area contributed by atoms with Crippen LogP contribution in [0, 0.1) is 11.6 Å². The first-order valence-corrected chi connectivity index (χ1v) is 4.35. The number of benzene rings is 1. The summed E-state index contributed by atoms with van der Waals surface area (Å²) in [6.07, 6.45) is 1.10. The summed E-state index contributed by atoms with van der Waals surface area (Å²) < 4.78 is 29.1. The average molecular weight is 244 g/mol. The molecule has 17 heavy (non-hydrogen) atoms. The summed E-state index contributed by atoms with van der Waals surface area (Å²) in [5.41, 5.74) is -0.910. The topological polar surface area (TPSA) is 63.6 Å². The molecular formula is C11H10F2O4. The van der Waals surface area contributed by atoms with Gasteiger partial charge in [0.05, 0.1) is 6.26 Å². The first kappa shape index (κ1) is 14.8. The van der Waals surface area contributed by atoms with Crippen molar-refractivity contribution < 1.29 is 28.2 Å². The second kappa shape index (κ2) is 7.10. The Morgan fingerprint density at radius 1 is 1.35 bits per heavy atom. The fraction of sp³-hybridized carbons (Fsp3) is 0.0909. The fourth-order valence-corrected chi connectivity index (χ4v) is 0.819. The lowest BCUT2D eigenvalue weighted by Crippen LogP contribution is -2.03. The number of carboxylic acid groups (broad SMARTS) is 1. The predicted octanol–water partition coefficient (Wildman–Crippen LogP) is 2.36. The van der Waals surface area contributed by atoms with Crippen molar-refractivity contribution in [1.82, 2.24) is 0 Å². The Bertz CT molecular complexity index is 409. The summed E-state index contributed by atoms with van der Waals surface area (Å²) >= 11 is 0. The maximum absolute atomic E-state index is 12.5. The van der Waals surface area contributed by atoms with Crippen molar-refractivity contribution in [2.75, 3.05) is 0 Å². The summed E-state index contributed by atoms with van der Waals surface area (Å²) in [6.45, 7) is 4.48. The molecule has 1 N–H and O–H groups in total. The van der Waals surface area contributed by atoms with Crippen molar-refractivity contribution in [2.24, 2.45) is 0 Å². The number of esters is 1. The second-order valence-electron chi connectivity index (χ2n) is 2.68. The highest BCUT2D eigenvalue weighted by Gasteiger charge is 2.14. The normalized spacial score (nSPS) is 8.65. The molecule has 0 atom stereocenters. The lowest BCUT2D eigenvalue weighted by atomic mass is 10.2. The maximum Gasteiger partial charge on any atom is 0.341 e. The van der Waals surface area contributed by atoms with Crippen molar-refractivity contribution in [2.45, 2.75) is 6.92 Å². The van der Waals surface area contributed by atoms with Crippen LogP contribution in [0.5, 0.6) is 0 Å². The smallest absolute Gasteiger partial charge is 0.341 e. The molecule has 0 spiro atoms. The Kier molecular flexibility index (Phi) is 6.17. The van der Waals surface area contributed by atoms with Crippen LogP contribution in [0.1, 0.15) is 17.3 Å². The van der Waals surface area contributed by atoms with Gasteiger partial charge in [-0.15, -0.1) is 0 Å². The largest absolute Gasteiger partial charge is 0.477 e. The molecule has 0 aromatic heterocycles. The monoisotopic (exact) mass is 244 g/mol. The zero-order valence-corrected chi connectivity index (χ0v) is 8.94. The first-order chi connectivity index (χ1) is 7.90. The molecule has 0 unspecified atom stereocenters. The van der Waals surface area contributed by atoms with Gasteiger partial charge in [0.15, 0.2) is 0 Å². The molecule has 4 nitrogen and oxygen atoms in total. The quantitative estimate of drug-likeness (QED) is 0.640. The van der Waals surface area contributed by atoms with Crippen LogP contribution >= 0.6 is 0 Å². The number of hydrogen-bond acceptors (Lipinski definition) is 3. The third kappa shape index (κ3) is 5.41. The Balaban J connectivity index is 0.000000366. The van der Waals surface area contributed by atoms with Crippen molar-refractivity contribution in [3.63, 3.8) is 0 Å². The van der Waals surface area contributed by atoms with E-state index in [2.05, 4.69) is 11.3 Å². The highest BCUT2D eigenvalue weighted by atomic mass is 19.1. The molecular weight excluding hydrogens is 234 g/mol. The van der Waals surface area contributed by atoms with Crippen LogP contribution in [0.25, 0.3) is 0 Å². The van der Waals surface area contributed by atoms with Gasteiger partial charge in [-0.05, 0) is 12.1 Å². The van der Waals surface area contributed by atoms with Crippen molar-refractivity contribution in [3.8, 4) is 0 Å². The highest BCUT2D eigenvalue weighted by Crippen LogP contribution is 2.10. The SMILES string of the molecule is C=COC(C)=O.O=C(O)c1c(F)cccc1F. The van der Waals surface area contributed by atoms with Gasteiger partial charge >= 0.3 is 11.9 Å². The summed E-state index contributed by atoms with van der Waals surface area (Å²) in [6, 6.07) is 2.90. The number of ether oxygens (including phenoxy) is 1. The summed E-state index contributed by atoms with van der Waals surface area (Å²) in [5.74, 6) is -4.04. The van der Waals surface area contributed by atoms with Crippen LogP contribution in [-0.2, 0) is 9.53 Å². The lowest BCUT2D eigenvalue weighted by molar-refractivity contribution is -0.135. The Morgan fingerprint density at radius 2 is 1.82 bits per heavy atom. The summed E-state index contributed by atoms with van der Waals surface area (Å²) in [7, 11) is 0. The van der Waals surface area contributed by atoms with E-state index in [0.717, 1.165) is 24.5 Å².